The van der Waals surface area contributed by atoms with Gasteiger partial charge >= 0.3 is 0 Å². The number of carbonyl (C=O) groups is 1. The molecule has 0 radical (unpaired) electrons. The first-order valence-corrected chi connectivity index (χ1v) is 6.22. The van der Waals surface area contributed by atoms with E-state index in [9.17, 15) is 4.79 Å². The van der Waals surface area contributed by atoms with E-state index in [1.165, 1.54) is 7.11 Å². The molecule has 7 heteroatoms. The van der Waals surface area contributed by atoms with E-state index < -0.39 is 11.3 Å². The number of benzene rings is 1. The molecule has 1 aromatic heterocycles. The molecule has 0 aliphatic heterocycles. The van der Waals surface area contributed by atoms with Crippen LogP contribution in [0.4, 0.5) is 0 Å². The number of ether oxygens (including phenoxy) is 1. The molecule has 2 N–H and O–H groups in total. The third-order valence-corrected chi connectivity index (χ3v) is 3.29. The monoisotopic (exact) mass is 295 g/mol. The molecule has 0 spiro atoms. The molecule has 0 saturated carbocycles. The summed E-state index contributed by atoms with van der Waals surface area (Å²) >= 11 is 6.04. The van der Waals surface area contributed by atoms with Gasteiger partial charge in [0.15, 0.2) is 0 Å². The average molecular weight is 296 g/mol. The standard InChI is InChI=1S/C13H14ClN3O3/c1-13(2,11(15)18)12-16-10(17-20-12)7-5-4-6-8(14)9(7)19-3/h4-6H,1-3H3,(H2,15,18). The van der Waals surface area contributed by atoms with Crippen LogP contribution >= 0.6 is 11.6 Å². The van der Waals surface area contributed by atoms with Gasteiger partial charge < -0.3 is 15.0 Å². The third kappa shape index (κ3) is 2.34. The molecule has 0 aliphatic rings. The fourth-order valence-corrected chi connectivity index (χ4v) is 1.84. The Labute approximate surface area is 120 Å². The zero-order chi connectivity index (χ0) is 14.9. The number of para-hydroxylation sites is 1. The van der Waals surface area contributed by atoms with E-state index in [0.717, 1.165) is 0 Å². The van der Waals surface area contributed by atoms with Crippen LogP contribution in [0, 0.1) is 0 Å². The van der Waals surface area contributed by atoms with Crippen molar-refractivity contribution in [1.82, 2.24) is 10.1 Å². The van der Waals surface area contributed by atoms with Gasteiger partial charge in [0.05, 0.1) is 17.7 Å². The summed E-state index contributed by atoms with van der Waals surface area (Å²) in [6.07, 6.45) is 0. The summed E-state index contributed by atoms with van der Waals surface area (Å²) in [4.78, 5) is 15.6. The topological polar surface area (TPSA) is 91.2 Å². The van der Waals surface area contributed by atoms with Crippen molar-refractivity contribution in [3.63, 3.8) is 0 Å². The number of primary amides is 1. The minimum Gasteiger partial charge on any atom is -0.494 e. The number of halogens is 1. The van der Waals surface area contributed by atoms with Gasteiger partial charge in [0, 0.05) is 0 Å². The van der Waals surface area contributed by atoms with E-state index in [1.807, 2.05) is 0 Å². The lowest BCUT2D eigenvalue weighted by atomic mass is 9.93. The van der Waals surface area contributed by atoms with E-state index in [4.69, 9.17) is 26.6 Å². The van der Waals surface area contributed by atoms with Gasteiger partial charge in [-0.3, -0.25) is 4.79 Å². The van der Waals surface area contributed by atoms with Gasteiger partial charge in [-0.15, -0.1) is 0 Å². The highest BCUT2D eigenvalue weighted by atomic mass is 35.5. The molecule has 0 atom stereocenters. The minimum absolute atomic E-state index is 0.141. The van der Waals surface area contributed by atoms with E-state index in [2.05, 4.69) is 10.1 Å². The van der Waals surface area contributed by atoms with Crippen molar-refractivity contribution in [3.05, 3.63) is 29.1 Å². The summed E-state index contributed by atoms with van der Waals surface area (Å²) in [7, 11) is 1.50. The number of aromatic nitrogens is 2. The largest absolute Gasteiger partial charge is 0.494 e. The molecular weight excluding hydrogens is 282 g/mol. The molecule has 0 bridgehead atoms. The van der Waals surface area contributed by atoms with Crippen LogP contribution in [0.2, 0.25) is 5.02 Å². The molecular formula is C13H14ClN3O3. The van der Waals surface area contributed by atoms with Crippen molar-refractivity contribution >= 4 is 17.5 Å². The molecule has 20 heavy (non-hydrogen) atoms. The second kappa shape index (κ2) is 5.13. The van der Waals surface area contributed by atoms with Crippen LogP contribution in [0.5, 0.6) is 5.75 Å². The quantitative estimate of drug-likeness (QED) is 0.933. The van der Waals surface area contributed by atoms with Gasteiger partial charge in [0.2, 0.25) is 17.6 Å². The van der Waals surface area contributed by atoms with Crippen LogP contribution in [0.1, 0.15) is 19.7 Å². The Bertz CT molecular complexity index is 652. The smallest absolute Gasteiger partial charge is 0.242 e. The van der Waals surface area contributed by atoms with Crippen LogP contribution in [0.3, 0.4) is 0 Å². The zero-order valence-electron chi connectivity index (χ0n) is 11.3. The molecule has 0 unspecified atom stereocenters. The van der Waals surface area contributed by atoms with E-state index in [-0.39, 0.29) is 11.7 Å². The van der Waals surface area contributed by atoms with Crippen molar-refractivity contribution in [3.8, 4) is 17.1 Å². The number of hydrogen-bond donors (Lipinski definition) is 1. The van der Waals surface area contributed by atoms with E-state index >= 15 is 0 Å². The van der Waals surface area contributed by atoms with Crippen molar-refractivity contribution < 1.29 is 14.1 Å². The number of carbonyl (C=O) groups excluding carboxylic acids is 1. The van der Waals surface area contributed by atoms with Crippen LogP contribution in [0.15, 0.2) is 22.7 Å². The molecule has 1 amide bonds. The highest BCUT2D eigenvalue weighted by Crippen LogP contribution is 2.35. The number of nitrogens with zero attached hydrogens (tertiary/aromatic N) is 2. The molecule has 6 nitrogen and oxygen atoms in total. The Morgan fingerprint density at radius 3 is 2.75 bits per heavy atom. The summed E-state index contributed by atoms with van der Waals surface area (Å²) in [5.74, 6) is 0.319. The van der Waals surface area contributed by atoms with Gasteiger partial charge in [0.1, 0.15) is 11.2 Å². The molecule has 2 rings (SSSR count). The lowest BCUT2D eigenvalue weighted by Crippen LogP contribution is -2.35. The first-order chi connectivity index (χ1) is 9.37. The molecule has 1 aromatic carbocycles. The van der Waals surface area contributed by atoms with Crippen LogP contribution in [-0.4, -0.2) is 23.2 Å². The van der Waals surface area contributed by atoms with E-state index in [0.29, 0.717) is 16.3 Å². The summed E-state index contributed by atoms with van der Waals surface area (Å²) in [5.41, 5.74) is 4.85. The number of nitrogens with two attached hydrogens (primary N) is 1. The normalized spacial score (nSPS) is 11.4. The summed E-state index contributed by atoms with van der Waals surface area (Å²) in [5, 5.41) is 4.29. The summed E-state index contributed by atoms with van der Waals surface area (Å²) in [6.45, 7) is 3.23. The van der Waals surface area contributed by atoms with Gasteiger partial charge in [0.25, 0.3) is 0 Å². The lowest BCUT2D eigenvalue weighted by molar-refractivity contribution is -0.123. The second-order valence-corrected chi connectivity index (χ2v) is 5.14. The minimum atomic E-state index is -1.04. The Morgan fingerprint density at radius 1 is 1.45 bits per heavy atom. The average Bonchev–Trinajstić information content (AvgIpc) is 2.88. The van der Waals surface area contributed by atoms with Crippen molar-refractivity contribution in [2.75, 3.05) is 7.11 Å². The van der Waals surface area contributed by atoms with Gasteiger partial charge in [-0.25, -0.2) is 0 Å². The summed E-state index contributed by atoms with van der Waals surface area (Å²) in [6, 6.07) is 5.18. The van der Waals surface area contributed by atoms with Crippen LogP contribution < -0.4 is 10.5 Å². The fraction of sp³-hybridized carbons (Fsp3) is 0.308. The van der Waals surface area contributed by atoms with Crippen LogP contribution in [-0.2, 0) is 10.2 Å². The Kier molecular flexibility index (Phi) is 3.67. The number of rotatable bonds is 4. The van der Waals surface area contributed by atoms with Gasteiger partial charge in [-0.1, -0.05) is 22.8 Å². The molecule has 106 valence electrons. The molecule has 2 aromatic rings. The molecule has 0 saturated heterocycles. The van der Waals surface area contributed by atoms with Crippen molar-refractivity contribution in [1.29, 1.82) is 0 Å². The summed E-state index contributed by atoms with van der Waals surface area (Å²) < 4.78 is 10.4. The predicted molar refractivity (Wildman–Crippen MR) is 73.5 cm³/mol. The highest BCUT2D eigenvalue weighted by molar-refractivity contribution is 6.32. The Balaban J connectivity index is 2.49. The van der Waals surface area contributed by atoms with Crippen molar-refractivity contribution in [2.45, 2.75) is 19.3 Å². The Morgan fingerprint density at radius 2 is 2.15 bits per heavy atom. The highest BCUT2D eigenvalue weighted by Gasteiger charge is 2.34. The SMILES string of the molecule is COc1c(Cl)cccc1-c1noc(C(C)(C)C(N)=O)n1. The first-order valence-electron chi connectivity index (χ1n) is 5.85. The Hall–Kier alpha value is -2.08. The maximum absolute atomic E-state index is 11.4. The zero-order valence-corrected chi connectivity index (χ0v) is 12.1. The second-order valence-electron chi connectivity index (χ2n) is 4.73. The maximum Gasteiger partial charge on any atom is 0.242 e. The maximum atomic E-state index is 11.4. The van der Waals surface area contributed by atoms with Crippen LogP contribution in [0.25, 0.3) is 11.4 Å². The lowest BCUT2D eigenvalue weighted by Gasteiger charge is -2.13. The molecule has 0 fully saturated rings. The number of amides is 1. The first kappa shape index (κ1) is 14.3. The fourth-order valence-electron chi connectivity index (χ4n) is 1.58. The third-order valence-electron chi connectivity index (χ3n) is 2.99. The van der Waals surface area contributed by atoms with Gasteiger partial charge in [-0.05, 0) is 26.0 Å². The molecule has 0 aliphatic carbocycles. The van der Waals surface area contributed by atoms with Gasteiger partial charge in [-0.2, -0.15) is 4.98 Å². The van der Waals surface area contributed by atoms with E-state index in [1.54, 1.807) is 32.0 Å². The predicted octanol–water partition coefficient (Wildman–Crippen LogP) is 2.16. The number of methoxy groups -OCH3 is 1. The number of hydrogen-bond acceptors (Lipinski definition) is 5. The van der Waals surface area contributed by atoms with Crippen molar-refractivity contribution in [2.24, 2.45) is 5.73 Å². The molecule has 1 heterocycles.